The van der Waals surface area contributed by atoms with Crippen molar-refractivity contribution in [1.29, 1.82) is 0 Å². The molecule has 0 rings (SSSR count). The van der Waals surface area contributed by atoms with Gasteiger partial charge in [-0.05, 0) is 20.8 Å². The largest absolute Gasteiger partial charge is 0.481 e. The molecule has 0 heterocycles. The summed E-state index contributed by atoms with van der Waals surface area (Å²) in [7, 11) is 1.11. The number of carbonyl (C=O) groups is 3. The van der Waals surface area contributed by atoms with Gasteiger partial charge >= 0.3 is 18.0 Å². The predicted octanol–water partition coefficient (Wildman–Crippen LogP) is 0.527. The highest BCUT2D eigenvalue weighted by molar-refractivity contribution is 5.85. The first-order chi connectivity index (χ1) is 7.65. The van der Waals surface area contributed by atoms with Crippen molar-refractivity contribution in [2.45, 2.75) is 38.8 Å². The van der Waals surface area contributed by atoms with E-state index in [9.17, 15) is 14.4 Å². The summed E-state index contributed by atoms with van der Waals surface area (Å²) in [5.74, 6) is -2.06. The Hall–Kier alpha value is -1.79. The Morgan fingerprint density at radius 1 is 1.29 bits per heavy atom. The van der Waals surface area contributed by atoms with Gasteiger partial charge in [-0.15, -0.1) is 0 Å². The fourth-order valence-electron chi connectivity index (χ4n) is 0.960. The van der Waals surface area contributed by atoms with E-state index in [-0.39, 0.29) is 0 Å². The summed E-state index contributed by atoms with van der Waals surface area (Å²) in [4.78, 5) is 33.0. The van der Waals surface area contributed by atoms with E-state index in [4.69, 9.17) is 9.84 Å². The Morgan fingerprint density at radius 3 is 2.18 bits per heavy atom. The fraction of sp³-hybridized carbons (Fsp3) is 0.700. The zero-order valence-corrected chi connectivity index (χ0v) is 10.3. The summed E-state index contributed by atoms with van der Waals surface area (Å²) < 4.78 is 9.27. The summed E-state index contributed by atoms with van der Waals surface area (Å²) in [5, 5.41) is 10.7. The fourth-order valence-corrected chi connectivity index (χ4v) is 0.960. The van der Waals surface area contributed by atoms with Crippen LogP contribution in [0, 0.1) is 0 Å². The van der Waals surface area contributed by atoms with Crippen LogP contribution < -0.4 is 5.32 Å². The van der Waals surface area contributed by atoms with Gasteiger partial charge in [-0.2, -0.15) is 0 Å². The molecule has 7 heteroatoms. The third kappa shape index (κ3) is 7.15. The molecule has 0 fully saturated rings. The maximum atomic E-state index is 11.3. The van der Waals surface area contributed by atoms with Crippen LogP contribution in [0.4, 0.5) is 4.79 Å². The Labute approximate surface area is 99.1 Å². The molecular weight excluding hydrogens is 230 g/mol. The van der Waals surface area contributed by atoms with Crippen LogP contribution >= 0.6 is 0 Å². The molecule has 0 aliphatic rings. The van der Waals surface area contributed by atoms with Gasteiger partial charge in [0.25, 0.3) is 0 Å². The second-order valence-electron chi connectivity index (χ2n) is 4.32. The van der Waals surface area contributed by atoms with E-state index in [0.717, 1.165) is 7.11 Å². The number of hydrogen-bond acceptors (Lipinski definition) is 5. The van der Waals surface area contributed by atoms with Gasteiger partial charge < -0.3 is 19.9 Å². The topological polar surface area (TPSA) is 102 Å². The standard InChI is InChI=1S/C10H17NO6/c1-10(2,3)17-9(15)11-6(5-7(12)13)8(14)16-4/h6H,5H2,1-4H3,(H,11,15)(H,12,13)/t6-/m1/s1. The van der Waals surface area contributed by atoms with Crippen molar-refractivity contribution in [2.24, 2.45) is 0 Å². The van der Waals surface area contributed by atoms with Crippen molar-refractivity contribution < 1.29 is 29.0 Å². The van der Waals surface area contributed by atoms with Crippen LogP contribution in [0.5, 0.6) is 0 Å². The van der Waals surface area contributed by atoms with Crippen molar-refractivity contribution in [3.8, 4) is 0 Å². The molecule has 98 valence electrons. The van der Waals surface area contributed by atoms with Crippen LogP contribution in [0.1, 0.15) is 27.2 Å². The van der Waals surface area contributed by atoms with Crippen LogP contribution in [0.25, 0.3) is 0 Å². The lowest BCUT2D eigenvalue weighted by atomic mass is 10.2. The number of esters is 1. The van der Waals surface area contributed by atoms with Gasteiger partial charge in [-0.3, -0.25) is 4.79 Å². The number of nitrogens with one attached hydrogen (secondary N) is 1. The van der Waals surface area contributed by atoms with E-state index in [0.29, 0.717) is 0 Å². The molecule has 0 aromatic carbocycles. The first-order valence-electron chi connectivity index (χ1n) is 4.95. The van der Waals surface area contributed by atoms with Gasteiger partial charge in [0, 0.05) is 0 Å². The molecule has 0 aliphatic heterocycles. The minimum absolute atomic E-state index is 0.564. The van der Waals surface area contributed by atoms with E-state index in [1.54, 1.807) is 20.8 Å². The van der Waals surface area contributed by atoms with Crippen LogP contribution in [0.3, 0.4) is 0 Å². The number of hydrogen-bond donors (Lipinski definition) is 2. The number of methoxy groups -OCH3 is 1. The number of rotatable bonds is 4. The van der Waals surface area contributed by atoms with E-state index < -0.39 is 36.1 Å². The highest BCUT2D eigenvalue weighted by Gasteiger charge is 2.26. The molecule has 0 aliphatic carbocycles. The Morgan fingerprint density at radius 2 is 1.82 bits per heavy atom. The number of alkyl carbamates (subject to hydrolysis) is 1. The predicted molar refractivity (Wildman–Crippen MR) is 57.4 cm³/mol. The van der Waals surface area contributed by atoms with Gasteiger partial charge in [0.05, 0.1) is 13.5 Å². The molecule has 0 bridgehead atoms. The SMILES string of the molecule is COC(=O)[C@@H](CC(=O)O)NC(=O)OC(C)(C)C. The maximum absolute atomic E-state index is 11.3. The molecule has 7 nitrogen and oxygen atoms in total. The van der Waals surface area contributed by atoms with Crippen molar-refractivity contribution in [3.63, 3.8) is 0 Å². The first kappa shape index (κ1) is 15.2. The highest BCUT2D eigenvalue weighted by Crippen LogP contribution is 2.07. The quantitative estimate of drug-likeness (QED) is 0.702. The maximum Gasteiger partial charge on any atom is 0.408 e. The molecule has 1 atom stereocenters. The summed E-state index contributed by atoms with van der Waals surface area (Å²) in [6.07, 6.45) is -1.43. The van der Waals surface area contributed by atoms with Gasteiger partial charge in [0.15, 0.2) is 0 Å². The molecule has 17 heavy (non-hydrogen) atoms. The number of carbonyl (C=O) groups excluding carboxylic acids is 2. The van der Waals surface area contributed by atoms with Gasteiger partial charge in [0.2, 0.25) is 0 Å². The molecule has 0 saturated heterocycles. The zero-order valence-electron chi connectivity index (χ0n) is 10.3. The van der Waals surface area contributed by atoms with Crippen LogP contribution in [0.15, 0.2) is 0 Å². The lowest BCUT2D eigenvalue weighted by Gasteiger charge is -2.21. The average molecular weight is 247 g/mol. The number of aliphatic carboxylic acids is 1. The normalized spacial score (nSPS) is 12.5. The van der Waals surface area contributed by atoms with Crippen LogP contribution in [0.2, 0.25) is 0 Å². The third-order valence-electron chi connectivity index (χ3n) is 1.56. The molecular formula is C10H17NO6. The molecule has 0 aromatic rings. The van der Waals surface area contributed by atoms with Crippen molar-refractivity contribution in [2.75, 3.05) is 7.11 Å². The van der Waals surface area contributed by atoms with Gasteiger partial charge in [0.1, 0.15) is 11.6 Å². The molecule has 0 unspecified atom stereocenters. The Balaban J connectivity index is 4.48. The minimum Gasteiger partial charge on any atom is -0.481 e. The van der Waals surface area contributed by atoms with Gasteiger partial charge in [-0.1, -0.05) is 0 Å². The second kappa shape index (κ2) is 6.07. The smallest absolute Gasteiger partial charge is 0.408 e. The highest BCUT2D eigenvalue weighted by atomic mass is 16.6. The van der Waals surface area contributed by atoms with E-state index in [1.807, 2.05) is 0 Å². The summed E-state index contributed by atoms with van der Waals surface area (Å²) in [6, 6.07) is -1.26. The Bertz CT molecular complexity index is 306. The number of carboxylic acids is 1. The van der Waals surface area contributed by atoms with Crippen molar-refractivity contribution >= 4 is 18.0 Å². The molecule has 0 radical (unpaired) electrons. The Kier molecular flexibility index (Phi) is 5.43. The molecule has 1 amide bonds. The molecule has 0 saturated carbocycles. The van der Waals surface area contributed by atoms with E-state index in [1.165, 1.54) is 0 Å². The lowest BCUT2D eigenvalue weighted by Crippen LogP contribution is -2.45. The van der Waals surface area contributed by atoms with Crippen molar-refractivity contribution in [3.05, 3.63) is 0 Å². The first-order valence-corrected chi connectivity index (χ1v) is 4.95. The van der Waals surface area contributed by atoms with Crippen LogP contribution in [-0.4, -0.2) is 41.9 Å². The zero-order chi connectivity index (χ0) is 13.6. The van der Waals surface area contributed by atoms with E-state index >= 15 is 0 Å². The van der Waals surface area contributed by atoms with E-state index in [2.05, 4.69) is 10.1 Å². The summed E-state index contributed by atoms with van der Waals surface area (Å²) in [6.45, 7) is 4.95. The lowest BCUT2D eigenvalue weighted by molar-refractivity contribution is -0.148. The summed E-state index contributed by atoms with van der Waals surface area (Å²) >= 11 is 0. The van der Waals surface area contributed by atoms with Gasteiger partial charge in [-0.25, -0.2) is 9.59 Å². The monoisotopic (exact) mass is 247 g/mol. The van der Waals surface area contributed by atoms with Crippen molar-refractivity contribution in [1.82, 2.24) is 5.32 Å². The molecule has 0 spiro atoms. The van der Waals surface area contributed by atoms with Crippen LogP contribution in [-0.2, 0) is 19.1 Å². The summed E-state index contributed by atoms with van der Waals surface area (Å²) in [5.41, 5.74) is -0.728. The number of amides is 1. The minimum atomic E-state index is -1.26. The molecule has 0 aromatic heterocycles. The number of carboxylic acid groups (broad SMARTS) is 1. The number of ether oxygens (including phenoxy) is 2. The average Bonchev–Trinajstić information content (AvgIpc) is 2.11. The molecule has 2 N–H and O–H groups in total. The second-order valence-corrected chi connectivity index (χ2v) is 4.32. The third-order valence-corrected chi connectivity index (χ3v) is 1.56.